The number of amides is 1. The summed E-state index contributed by atoms with van der Waals surface area (Å²) in [4.78, 5) is 16.8. The van der Waals surface area contributed by atoms with Crippen molar-refractivity contribution in [1.29, 1.82) is 0 Å². The van der Waals surface area contributed by atoms with E-state index in [9.17, 15) is 9.18 Å². The van der Waals surface area contributed by atoms with Gasteiger partial charge < -0.3 is 14.6 Å². The molecule has 0 radical (unpaired) electrons. The maximum Gasteiger partial charge on any atom is 0.407 e. The topological polar surface area (TPSA) is 58.4 Å². The summed E-state index contributed by atoms with van der Waals surface area (Å²) in [6, 6.07) is 8.39. The Morgan fingerprint density at radius 2 is 1.88 bits per heavy atom. The predicted octanol–water partition coefficient (Wildman–Crippen LogP) is 4.02. The third-order valence-corrected chi connectivity index (χ3v) is 4.95. The highest BCUT2D eigenvalue weighted by Gasteiger charge is 2.26. The summed E-state index contributed by atoms with van der Waals surface area (Å²) in [7, 11) is 0. The molecule has 3 aromatic rings. The Labute approximate surface area is 144 Å². The fourth-order valence-corrected chi connectivity index (χ4v) is 3.62. The fraction of sp³-hybridized carbons (Fsp3) is 0.263. The van der Waals surface area contributed by atoms with Gasteiger partial charge in [-0.2, -0.15) is 0 Å². The molecule has 25 heavy (non-hydrogen) atoms. The number of likely N-dealkylation sites (tertiary alicyclic amines) is 1. The highest BCUT2D eigenvalue weighted by molar-refractivity contribution is 5.85. The van der Waals surface area contributed by atoms with Crippen LogP contribution in [0.15, 0.2) is 48.9 Å². The Kier molecular flexibility index (Phi) is 3.87. The third-order valence-electron chi connectivity index (χ3n) is 4.95. The zero-order valence-corrected chi connectivity index (χ0v) is 13.6. The third kappa shape index (κ3) is 2.84. The average Bonchev–Trinajstić information content (AvgIpc) is 3.02. The molecule has 0 spiro atoms. The molecule has 1 fully saturated rings. The number of halogens is 1. The van der Waals surface area contributed by atoms with Gasteiger partial charge in [0.1, 0.15) is 5.82 Å². The smallest absolute Gasteiger partial charge is 0.407 e. The van der Waals surface area contributed by atoms with E-state index in [1.54, 1.807) is 18.3 Å². The van der Waals surface area contributed by atoms with Crippen LogP contribution in [0, 0.1) is 5.82 Å². The van der Waals surface area contributed by atoms with Crippen LogP contribution in [0.2, 0.25) is 0 Å². The van der Waals surface area contributed by atoms with E-state index in [1.807, 2.05) is 16.8 Å². The number of rotatable bonds is 2. The number of hydrogen-bond acceptors (Lipinski definition) is 2. The van der Waals surface area contributed by atoms with Crippen LogP contribution in [-0.4, -0.2) is 38.7 Å². The molecule has 1 N–H and O–H groups in total. The summed E-state index contributed by atoms with van der Waals surface area (Å²) in [6.45, 7) is 1.10. The van der Waals surface area contributed by atoms with Gasteiger partial charge in [-0.05, 0) is 54.7 Å². The number of nitrogens with zero attached hydrogens (tertiary/aromatic N) is 3. The van der Waals surface area contributed by atoms with E-state index in [4.69, 9.17) is 5.11 Å². The highest BCUT2D eigenvalue weighted by Crippen LogP contribution is 2.35. The first-order valence-corrected chi connectivity index (χ1v) is 8.32. The van der Waals surface area contributed by atoms with E-state index in [1.165, 1.54) is 22.6 Å². The van der Waals surface area contributed by atoms with Crippen molar-refractivity contribution in [1.82, 2.24) is 14.5 Å². The quantitative estimate of drug-likeness (QED) is 0.767. The van der Waals surface area contributed by atoms with Crippen LogP contribution in [-0.2, 0) is 0 Å². The lowest BCUT2D eigenvalue weighted by Crippen LogP contribution is -2.36. The van der Waals surface area contributed by atoms with Crippen LogP contribution in [0.5, 0.6) is 0 Å². The zero-order valence-electron chi connectivity index (χ0n) is 13.6. The first-order valence-electron chi connectivity index (χ1n) is 8.32. The molecule has 1 aliphatic rings. The van der Waals surface area contributed by atoms with Crippen LogP contribution in [0.25, 0.3) is 16.6 Å². The second-order valence-corrected chi connectivity index (χ2v) is 6.37. The van der Waals surface area contributed by atoms with Crippen molar-refractivity contribution < 1.29 is 14.3 Å². The summed E-state index contributed by atoms with van der Waals surface area (Å²) in [5.41, 5.74) is 3.06. The van der Waals surface area contributed by atoms with Gasteiger partial charge in [0.25, 0.3) is 0 Å². The van der Waals surface area contributed by atoms with Gasteiger partial charge >= 0.3 is 6.09 Å². The van der Waals surface area contributed by atoms with Gasteiger partial charge in [0.15, 0.2) is 0 Å². The molecule has 0 atom stereocenters. The van der Waals surface area contributed by atoms with Crippen molar-refractivity contribution in [3.63, 3.8) is 0 Å². The monoisotopic (exact) mass is 339 g/mol. The molecule has 128 valence electrons. The fourth-order valence-electron chi connectivity index (χ4n) is 3.62. The number of hydrogen-bond donors (Lipinski definition) is 1. The first-order chi connectivity index (χ1) is 12.1. The molecule has 1 aliphatic heterocycles. The largest absolute Gasteiger partial charge is 0.465 e. The van der Waals surface area contributed by atoms with Crippen molar-refractivity contribution in [3.05, 3.63) is 60.3 Å². The van der Waals surface area contributed by atoms with Gasteiger partial charge in [-0.1, -0.05) is 0 Å². The number of fused-ring (bicyclic) bond motifs is 1. The minimum Gasteiger partial charge on any atom is -0.465 e. The number of aromatic nitrogens is 2. The Balaban J connectivity index is 1.73. The number of carboxylic acid groups (broad SMARTS) is 1. The summed E-state index contributed by atoms with van der Waals surface area (Å²) < 4.78 is 15.3. The lowest BCUT2D eigenvalue weighted by Gasteiger charge is -2.29. The predicted molar refractivity (Wildman–Crippen MR) is 92.6 cm³/mol. The molecule has 0 aliphatic carbocycles. The maximum absolute atomic E-state index is 13.2. The Hall–Kier alpha value is -2.89. The summed E-state index contributed by atoms with van der Waals surface area (Å²) in [6.07, 6.45) is 6.42. The molecule has 1 amide bonds. The highest BCUT2D eigenvalue weighted by atomic mass is 19.1. The Bertz CT molecular complexity index is 912. The van der Waals surface area contributed by atoms with Crippen molar-refractivity contribution in [2.75, 3.05) is 13.1 Å². The van der Waals surface area contributed by atoms with Crippen molar-refractivity contribution in [2.45, 2.75) is 18.8 Å². The molecule has 0 bridgehead atoms. The van der Waals surface area contributed by atoms with Gasteiger partial charge in [-0.3, -0.25) is 4.98 Å². The molecule has 4 rings (SSSR count). The summed E-state index contributed by atoms with van der Waals surface area (Å²) in [5.74, 6) is 0.0433. The SMILES string of the molecule is O=C(O)N1CCC(c2cn(-c3ccc(F)cc3)c3cnccc23)CC1. The standard InChI is InChI=1S/C19H18FN3O2/c20-14-1-3-15(4-2-14)23-12-17(16-5-8-21-11-18(16)23)13-6-9-22(10-7-13)19(24)25/h1-5,8,11-13H,6-7,9-10H2,(H,24,25). The second kappa shape index (κ2) is 6.20. The minimum absolute atomic E-state index is 0.264. The van der Waals surface area contributed by atoms with Gasteiger partial charge in [0, 0.05) is 36.6 Å². The number of carbonyl (C=O) groups is 1. The molecular formula is C19H18FN3O2. The van der Waals surface area contributed by atoms with E-state index in [0.29, 0.717) is 19.0 Å². The summed E-state index contributed by atoms with van der Waals surface area (Å²) >= 11 is 0. The van der Waals surface area contributed by atoms with Crippen LogP contribution in [0.1, 0.15) is 24.3 Å². The normalized spacial score (nSPS) is 15.6. The zero-order chi connectivity index (χ0) is 17.4. The molecular weight excluding hydrogens is 321 g/mol. The van der Waals surface area contributed by atoms with E-state index in [2.05, 4.69) is 11.2 Å². The molecule has 1 aromatic carbocycles. The molecule has 3 heterocycles. The molecule has 6 heteroatoms. The molecule has 0 unspecified atom stereocenters. The van der Waals surface area contributed by atoms with Crippen molar-refractivity contribution >= 4 is 17.0 Å². The molecule has 1 saturated heterocycles. The van der Waals surface area contributed by atoms with E-state index in [0.717, 1.165) is 29.4 Å². The number of benzene rings is 1. The van der Waals surface area contributed by atoms with E-state index in [-0.39, 0.29) is 5.82 Å². The molecule has 0 saturated carbocycles. The van der Waals surface area contributed by atoms with Crippen molar-refractivity contribution in [3.8, 4) is 5.69 Å². The number of piperidine rings is 1. The van der Waals surface area contributed by atoms with Crippen LogP contribution < -0.4 is 0 Å². The molecule has 2 aromatic heterocycles. The number of pyridine rings is 1. The van der Waals surface area contributed by atoms with Crippen molar-refractivity contribution in [2.24, 2.45) is 0 Å². The second-order valence-electron chi connectivity index (χ2n) is 6.37. The lowest BCUT2D eigenvalue weighted by atomic mass is 9.89. The minimum atomic E-state index is -0.851. The maximum atomic E-state index is 13.2. The van der Waals surface area contributed by atoms with Crippen LogP contribution in [0.3, 0.4) is 0 Å². The van der Waals surface area contributed by atoms with Gasteiger partial charge in [-0.25, -0.2) is 9.18 Å². The van der Waals surface area contributed by atoms with Gasteiger partial charge in [0.2, 0.25) is 0 Å². The first kappa shape index (κ1) is 15.6. The molecule has 5 nitrogen and oxygen atoms in total. The lowest BCUT2D eigenvalue weighted by molar-refractivity contribution is 0.132. The Morgan fingerprint density at radius 1 is 1.16 bits per heavy atom. The van der Waals surface area contributed by atoms with E-state index >= 15 is 0 Å². The Morgan fingerprint density at radius 3 is 2.56 bits per heavy atom. The average molecular weight is 339 g/mol. The van der Waals surface area contributed by atoms with Crippen LogP contribution in [0.4, 0.5) is 9.18 Å². The van der Waals surface area contributed by atoms with Crippen LogP contribution >= 0.6 is 0 Å². The van der Waals surface area contributed by atoms with E-state index < -0.39 is 6.09 Å². The van der Waals surface area contributed by atoms with Gasteiger partial charge in [-0.15, -0.1) is 0 Å². The summed E-state index contributed by atoms with van der Waals surface area (Å²) in [5, 5.41) is 10.2. The van der Waals surface area contributed by atoms with Gasteiger partial charge in [0.05, 0.1) is 11.7 Å².